The Morgan fingerprint density at radius 1 is 1.14 bits per heavy atom. The summed E-state index contributed by atoms with van der Waals surface area (Å²) >= 11 is 0. The van der Waals surface area contributed by atoms with Gasteiger partial charge in [0, 0.05) is 44.3 Å². The lowest BCUT2D eigenvalue weighted by Gasteiger charge is -2.41. The van der Waals surface area contributed by atoms with Crippen molar-refractivity contribution < 1.29 is 8.42 Å². The highest BCUT2D eigenvalue weighted by atomic mass is 35.5. The molecule has 4 rings (SSSR count). The van der Waals surface area contributed by atoms with Gasteiger partial charge in [0.05, 0.1) is 0 Å². The number of sulfonamides is 1. The predicted molar refractivity (Wildman–Crippen MR) is 85.7 cm³/mol. The summed E-state index contributed by atoms with van der Waals surface area (Å²) in [5, 5.41) is 3.77. The number of nitrogens with zero attached hydrogens (tertiary/aromatic N) is 3. The quantitative estimate of drug-likeness (QED) is 0.872. The Kier molecular flexibility index (Phi) is 4.51. The third-order valence-electron chi connectivity index (χ3n) is 4.92. The van der Waals surface area contributed by atoms with Crippen molar-refractivity contribution in [1.29, 1.82) is 0 Å². The van der Waals surface area contributed by atoms with E-state index in [4.69, 9.17) is 0 Å². The minimum absolute atomic E-state index is 0. The number of piperazine rings is 1. The van der Waals surface area contributed by atoms with Gasteiger partial charge in [-0.1, -0.05) is 6.42 Å². The van der Waals surface area contributed by atoms with Gasteiger partial charge in [-0.25, -0.2) is 13.4 Å². The maximum absolute atomic E-state index is 12.9. The molecule has 0 spiro atoms. The van der Waals surface area contributed by atoms with Crippen molar-refractivity contribution in [2.45, 2.75) is 62.2 Å². The van der Waals surface area contributed by atoms with Crippen LogP contribution in [0.2, 0.25) is 0 Å². The van der Waals surface area contributed by atoms with Gasteiger partial charge in [0.15, 0.2) is 5.03 Å². The normalized spacial score (nSPS) is 28.7. The molecule has 22 heavy (non-hydrogen) atoms. The third-order valence-corrected chi connectivity index (χ3v) is 6.62. The molecule has 3 aliphatic heterocycles. The monoisotopic (exact) mass is 346 g/mol. The molecule has 1 aromatic heterocycles. The summed E-state index contributed by atoms with van der Waals surface area (Å²) in [7, 11) is -3.44. The van der Waals surface area contributed by atoms with Crippen LogP contribution in [-0.2, 0) is 23.0 Å². The van der Waals surface area contributed by atoms with Gasteiger partial charge in [0.25, 0.3) is 10.0 Å². The molecular weight excluding hydrogens is 324 g/mol. The molecule has 1 aromatic rings. The smallest absolute Gasteiger partial charge is 0.262 e. The topological polar surface area (TPSA) is 67.2 Å². The van der Waals surface area contributed by atoms with E-state index in [1.165, 1.54) is 6.42 Å². The first kappa shape index (κ1) is 16.2. The first-order valence-electron chi connectivity index (χ1n) is 7.95. The minimum atomic E-state index is -3.44. The highest BCUT2D eigenvalue weighted by Crippen LogP contribution is 2.25. The Labute approximate surface area is 137 Å². The van der Waals surface area contributed by atoms with Crippen molar-refractivity contribution in [3.8, 4) is 0 Å². The van der Waals surface area contributed by atoms with E-state index in [0.29, 0.717) is 25.2 Å². The summed E-state index contributed by atoms with van der Waals surface area (Å²) in [4.78, 5) is 4.40. The summed E-state index contributed by atoms with van der Waals surface area (Å²) in [6, 6.07) is 0.619. The molecule has 2 saturated heterocycles. The second-order valence-corrected chi connectivity index (χ2v) is 8.34. The van der Waals surface area contributed by atoms with Crippen LogP contribution >= 0.6 is 12.4 Å². The number of aryl methyl sites for hydroxylation is 2. The van der Waals surface area contributed by atoms with E-state index in [-0.39, 0.29) is 17.4 Å². The number of hydrogen-bond donors (Lipinski definition) is 1. The van der Waals surface area contributed by atoms with E-state index in [1.807, 2.05) is 4.57 Å². The molecule has 0 radical (unpaired) electrons. The highest BCUT2D eigenvalue weighted by Gasteiger charge is 2.37. The maximum atomic E-state index is 12.9. The number of piperidine rings is 1. The fourth-order valence-corrected chi connectivity index (χ4v) is 5.30. The van der Waals surface area contributed by atoms with Crippen LogP contribution in [0.25, 0.3) is 0 Å². The van der Waals surface area contributed by atoms with Crippen molar-refractivity contribution in [1.82, 2.24) is 19.2 Å². The van der Waals surface area contributed by atoms with Crippen molar-refractivity contribution >= 4 is 22.4 Å². The van der Waals surface area contributed by atoms with Gasteiger partial charge in [-0.05, 0) is 25.7 Å². The van der Waals surface area contributed by atoms with Gasteiger partial charge < -0.3 is 9.88 Å². The number of nitrogens with one attached hydrogen (secondary N) is 1. The Morgan fingerprint density at radius 2 is 1.86 bits per heavy atom. The van der Waals surface area contributed by atoms with Gasteiger partial charge in [0.1, 0.15) is 5.82 Å². The average molecular weight is 347 g/mol. The zero-order chi connectivity index (χ0) is 14.4. The molecule has 2 bridgehead atoms. The fraction of sp³-hybridized carbons (Fsp3) is 0.786. The van der Waals surface area contributed by atoms with Crippen LogP contribution in [0.5, 0.6) is 0 Å². The van der Waals surface area contributed by atoms with Crippen LogP contribution in [0.3, 0.4) is 0 Å². The van der Waals surface area contributed by atoms with E-state index in [2.05, 4.69) is 10.3 Å². The average Bonchev–Trinajstić information content (AvgIpc) is 2.91. The minimum Gasteiger partial charge on any atom is -0.333 e. The van der Waals surface area contributed by atoms with E-state index in [1.54, 1.807) is 10.5 Å². The van der Waals surface area contributed by atoms with E-state index < -0.39 is 10.0 Å². The number of imidazole rings is 1. The SMILES string of the molecule is Cl.O=S(=O)(c1cn2c(n1)CCCC2)N1CC2CCCC(C1)N2. The van der Waals surface area contributed by atoms with Crippen LogP contribution < -0.4 is 5.32 Å². The molecule has 0 saturated carbocycles. The largest absolute Gasteiger partial charge is 0.333 e. The summed E-state index contributed by atoms with van der Waals surface area (Å²) in [5.74, 6) is 0.926. The second kappa shape index (κ2) is 6.11. The first-order chi connectivity index (χ1) is 10.1. The van der Waals surface area contributed by atoms with Crippen molar-refractivity contribution in [3.63, 3.8) is 0 Å². The number of aromatic nitrogens is 2. The molecule has 124 valence electrons. The summed E-state index contributed by atoms with van der Waals surface area (Å²) < 4.78 is 29.4. The lowest BCUT2D eigenvalue weighted by Crippen LogP contribution is -2.59. The summed E-state index contributed by atoms with van der Waals surface area (Å²) in [5.41, 5.74) is 0. The van der Waals surface area contributed by atoms with Crippen LogP contribution in [0.4, 0.5) is 0 Å². The van der Waals surface area contributed by atoms with Crippen molar-refractivity contribution in [2.75, 3.05) is 13.1 Å². The standard InChI is InChI=1S/C14H22N4O2S.ClH/c19-21(20,14-10-17-7-2-1-6-13(17)16-14)18-8-11-4-3-5-12(9-18)15-11;/h10-12,15H,1-9H2;1H. The van der Waals surface area contributed by atoms with Gasteiger partial charge >= 0.3 is 0 Å². The molecule has 0 aromatic carbocycles. The lowest BCUT2D eigenvalue weighted by molar-refractivity contribution is 0.190. The van der Waals surface area contributed by atoms with Crippen LogP contribution in [0.1, 0.15) is 37.9 Å². The Hall–Kier alpha value is -0.630. The van der Waals surface area contributed by atoms with Gasteiger partial charge in [-0.15, -0.1) is 12.4 Å². The molecular formula is C14H23ClN4O2S. The fourth-order valence-electron chi connectivity index (χ4n) is 3.80. The van der Waals surface area contributed by atoms with Crippen molar-refractivity contribution in [2.24, 2.45) is 0 Å². The molecule has 3 aliphatic rings. The van der Waals surface area contributed by atoms with Crippen LogP contribution in [0.15, 0.2) is 11.2 Å². The van der Waals surface area contributed by atoms with E-state index in [9.17, 15) is 8.42 Å². The Bertz CT molecular complexity index is 610. The number of hydrogen-bond acceptors (Lipinski definition) is 4. The number of halogens is 1. The first-order valence-corrected chi connectivity index (χ1v) is 9.39. The molecule has 6 nitrogen and oxygen atoms in total. The number of rotatable bonds is 2. The van der Waals surface area contributed by atoms with Gasteiger partial charge in [-0.2, -0.15) is 4.31 Å². The molecule has 2 fully saturated rings. The second-order valence-electron chi connectivity index (χ2n) is 6.46. The molecule has 0 amide bonds. The van der Waals surface area contributed by atoms with Crippen LogP contribution in [-0.4, -0.2) is 47.4 Å². The molecule has 2 atom stereocenters. The van der Waals surface area contributed by atoms with E-state index >= 15 is 0 Å². The zero-order valence-electron chi connectivity index (χ0n) is 12.6. The summed E-state index contributed by atoms with van der Waals surface area (Å²) in [6.07, 6.45) is 8.19. The maximum Gasteiger partial charge on any atom is 0.262 e. The molecule has 4 heterocycles. The lowest BCUT2D eigenvalue weighted by atomic mass is 9.96. The molecule has 2 unspecified atom stereocenters. The zero-order valence-corrected chi connectivity index (χ0v) is 14.2. The van der Waals surface area contributed by atoms with Gasteiger partial charge in [-0.3, -0.25) is 0 Å². The third kappa shape index (κ3) is 2.79. The summed E-state index contributed by atoms with van der Waals surface area (Å²) in [6.45, 7) is 2.06. The van der Waals surface area contributed by atoms with E-state index in [0.717, 1.165) is 44.5 Å². The highest BCUT2D eigenvalue weighted by molar-refractivity contribution is 7.89. The Balaban J connectivity index is 0.00000144. The van der Waals surface area contributed by atoms with Crippen molar-refractivity contribution in [3.05, 3.63) is 12.0 Å². The Morgan fingerprint density at radius 3 is 2.55 bits per heavy atom. The molecule has 1 N–H and O–H groups in total. The predicted octanol–water partition coefficient (Wildman–Crippen LogP) is 1.16. The number of fused-ring (bicyclic) bond motifs is 3. The molecule has 0 aliphatic carbocycles. The van der Waals surface area contributed by atoms with Crippen LogP contribution in [0, 0.1) is 0 Å². The van der Waals surface area contributed by atoms with Gasteiger partial charge in [0.2, 0.25) is 0 Å². The molecule has 8 heteroatoms.